The molecule has 5 atom stereocenters. The topological polar surface area (TPSA) is 38.7 Å². The van der Waals surface area contributed by atoms with Crippen molar-refractivity contribution in [2.24, 2.45) is 11.8 Å². The maximum absolute atomic E-state index is 10.6. The lowest BCUT2D eigenvalue weighted by Gasteiger charge is -2.58. The molecule has 3 aliphatic rings. The van der Waals surface area contributed by atoms with Gasteiger partial charge in [0.15, 0.2) is 5.79 Å². The van der Waals surface area contributed by atoms with Gasteiger partial charge >= 0.3 is 0 Å². The minimum atomic E-state index is -0.664. The fraction of sp³-hybridized carbons (Fsp3) is 0.684. The number of rotatable bonds is 1. The van der Waals surface area contributed by atoms with Crippen LogP contribution in [0.1, 0.15) is 51.2 Å². The first-order valence-electron chi connectivity index (χ1n) is 8.47. The van der Waals surface area contributed by atoms with Gasteiger partial charge in [0.05, 0.1) is 17.8 Å². The third kappa shape index (κ3) is 1.92. The average molecular weight is 302 g/mol. The molecule has 3 unspecified atom stereocenters. The van der Waals surface area contributed by atoms with Crippen LogP contribution in [0, 0.1) is 11.8 Å². The number of hydrogen-bond acceptors (Lipinski definition) is 3. The van der Waals surface area contributed by atoms with Crippen LogP contribution in [0.25, 0.3) is 0 Å². The third-order valence-corrected chi connectivity index (χ3v) is 6.13. The predicted octanol–water partition coefficient (Wildman–Crippen LogP) is 3.25. The molecule has 3 nitrogen and oxygen atoms in total. The summed E-state index contributed by atoms with van der Waals surface area (Å²) in [6.07, 6.45) is 2.07. The average Bonchev–Trinajstić information content (AvgIpc) is 2.63. The van der Waals surface area contributed by atoms with Gasteiger partial charge in [-0.25, -0.2) is 0 Å². The second-order valence-electron chi connectivity index (χ2n) is 7.96. The normalized spacial score (nSPS) is 39.2. The van der Waals surface area contributed by atoms with Crippen LogP contribution in [-0.4, -0.2) is 28.7 Å². The Labute approximate surface area is 132 Å². The fourth-order valence-corrected chi connectivity index (χ4v) is 4.79. The number of fused-ring (bicyclic) bond motifs is 4. The molecular formula is C19H26O3. The molecule has 0 amide bonds. The Kier molecular flexibility index (Phi) is 3.04. The van der Waals surface area contributed by atoms with Crippen LogP contribution in [0.4, 0.5) is 0 Å². The highest BCUT2D eigenvalue weighted by Gasteiger charge is 2.63. The highest BCUT2D eigenvalue weighted by atomic mass is 16.8. The third-order valence-electron chi connectivity index (χ3n) is 6.13. The minimum absolute atomic E-state index is 0.132. The van der Waals surface area contributed by atoms with Gasteiger partial charge in [-0.15, -0.1) is 0 Å². The molecule has 1 saturated carbocycles. The summed E-state index contributed by atoms with van der Waals surface area (Å²) in [5.41, 5.74) is 2.04. The van der Waals surface area contributed by atoms with E-state index in [1.54, 1.807) is 0 Å². The molecular weight excluding hydrogens is 276 g/mol. The Morgan fingerprint density at radius 2 is 1.77 bits per heavy atom. The second kappa shape index (κ2) is 4.56. The van der Waals surface area contributed by atoms with Gasteiger partial charge in [0.25, 0.3) is 0 Å². The molecule has 1 N–H and O–H groups in total. The van der Waals surface area contributed by atoms with E-state index in [1.165, 1.54) is 11.1 Å². The first kappa shape index (κ1) is 14.7. The molecule has 4 rings (SSSR count). The van der Waals surface area contributed by atoms with E-state index in [-0.39, 0.29) is 18.1 Å². The van der Waals surface area contributed by atoms with Gasteiger partial charge in [-0.05, 0) is 57.1 Å². The van der Waals surface area contributed by atoms with Crippen LogP contribution >= 0.6 is 0 Å². The highest BCUT2D eigenvalue weighted by molar-refractivity contribution is 5.39. The van der Waals surface area contributed by atoms with Crippen LogP contribution in [0.3, 0.4) is 0 Å². The lowest BCUT2D eigenvalue weighted by molar-refractivity contribution is -0.257. The molecule has 1 aromatic rings. The van der Waals surface area contributed by atoms with Crippen molar-refractivity contribution < 1.29 is 14.6 Å². The molecule has 1 spiro atoms. The van der Waals surface area contributed by atoms with Crippen molar-refractivity contribution in [3.8, 4) is 0 Å². The predicted molar refractivity (Wildman–Crippen MR) is 84.6 cm³/mol. The largest absolute Gasteiger partial charge is 0.390 e. The summed E-state index contributed by atoms with van der Waals surface area (Å²) >= 11 is 0. The van der Waals surface area contributed by atoms with Crippen molar-refractivity contribution >= 4 is 0 Å². The molecule has 22 heavy (non-hydrogen) atoms. The first-order valence-corrected chi connectivity index (χ1v) is 8.47. The monoisotopic (exact) mass is 302 g/mol. The molecule has 0 aromatic heterocycles. The molecule has 2 aliphatic carbocycles. The lowest BCUT2D eigenvalue weighted by atomic mass is 9.51. The summed E-state index contributed by atoms with van der Waals surface area (Å²) in [6, 6.07) is 8.61. The van der Waals surface area contributed by atoms with Crippen LogP contribution in [0.15, 0.2) is 24.3 Å². The minimum Gasteiger partial charge on any atom is -0.390 e. The number of benzene rings is 1. The summed E-state index contributed by atoms with van der Waals surface area (Å²) in [7, 11) is 0. The summed E-state index contributed by atoms with van der Waals surface area (Å²) in [5.74, 6) is 0.475. The smallest absolute Gasteiger partial charge is 0.176 e. The molecule has 0 radical (unpaired) electrons. The van der Waals surface area contributed by atoms with Gasteiger partial charge in [-0.1, -0.05) is 24.3 Å². The van der Waals surface area contributed by atoms with Crippen molar-refractivity contribution in [2.45, 2.75) is 70.1 Å². The van der Waals surface area contributed by atoms with Crippen molar-refractivity contribution in [3.63, 3.8) is 0 Å². The highest BCUT2D eigenvalue weighted by Crippen LogP contribution is 2.62. The van der Waals surface area contributed by atoms with Crippen LogP contribution in [0.2, 0.25) is 0 Å². The zero-order valence-electron chi connectivity index (χ0n) is 13.9. The molecule has 120 valence electrons. The van der Waals surface area contributed by atoms with Crippen molar-refractivity contribution in [1.29, 1.82) is 0 Å². The number of hydrogen-bond donors (Lipinski definition) is 1. The van der Waals surface area contributed by atoms with E-state index in [4.69, 9.17) is 9.47 Å². The lowest BCUT2D eigenvalue weighted by Crippen LogP contribution is -2.60. The Balaban J connectivity index is 1.77. The maximum Gasteiger partial charge on any atom is 0.176 e. The van der Waals surface area contributed by atoms with Crippen LogP contribution in [-0.2, 0) is 15.9 Å². The summed E-state index contributed by atoms with van der Waals surface area (Å²) < 4.78 is 12.7. The Hall–Kier alpha value is -0.900. The maximum atomic E-state index is 10.6. The molecule has 0 bridgehead atoms. The summed E-state index contributed by atoms with van der Waals surface area (Å²) in [6.45, 7) is 8.06. The standard InChI is InChI=1S/C19H26O3/c1-11-12(2)22-19(21-11)10-13-7-5-6-8-14(13)17-15(9-16(17)19)18(3,4)20/h5-8,11-12,15-17,20H,9-10H2,1-4H3/t11-,12-,15?,16?,17?/m1/s1. The van der Waals surface area contributed by atoms with Gasteiger partial charge in [0.2, 0.25) is 0 Å². The van der Waals surface area contributed by atoms with E-state index >= 15 is 0 Å². The van der Waals surface area contributed by atoms with Gasteiger partial charge in [0.1, 0.15) is 0 Å². The number of aliphatic hydroxyl groups is 1. The zero-order chi connectivity index (χ0) is 15.7. The van der Waals surface area contributed by atoms with E-state index in [0.29, 0.717) is 11.8 Å². The van der Waals surface area contributed by atoms with Gasteiger partial charge in [-0.3, -0.25) is 0 Å². The molecule has 1 aromatic carbocycles. The van der Waals surface area contributed by atoms with E-state index in [1.807, 2.05) is 13.8 Å². The fourth-order valence-electron chi connectivity index (χ4n) is 4.79. The Bertz CT molecular complexity index is 579. The van der Waals surface area contributed by atoms with Crippen LogP contribution < -0.4 is 0 Å². The van der Waals surface area contributed by atoms with Gasteiger partial charge in [-0.2, -0.15) is 0 Å². The summed E-state index contributed by atoms with van der Waals surface area (Å²) in [5, 5.41) is 10.6. The Morgan fingerprint density at radius 3 is 2.41 bits per heavy atom. The van der Waals surface area contributed by atoms with Crippen molar-refractivity contribution in [2.75, 3.05) is 0 Å². The SMILES string of the molecule is C[C@H]1OC2(Cc3ccccc3C3C(C(C)(C)O)CC32)O[C@@H]1C. The molecule has 2 fully saturated rings. The first-order chi connectivity index (χ1) is 10.3. The Morgan fingerprint density at radius 1 is 1.14 bits per heavy atom. The molecule has 3 heteroatoms. The summed E-state index contributed by atoms with van der Waals surface area (Å²) in [4.78, 5) is 0. The van der Waals surface area contributed by atoms with Crippen molar-refractivity contribution in [1.82, 2.24) is 0 Å². The van der Waals surface area contributed by atoms with Gasteiger partial charge in [0, 0.05) is 12.3 Å². The quantitative estimate of drug-likeness (QED) is 0.865. The van der Waals surface area contributed by atoms with Gasteiger partial charge < -0.3 is 14.6 Å². The molecule has 1 aliphatic heterocycles. The molecule has 1 heterocycles. The number of ether oxygens (including phenoxy) is 2. The van der Waals surface area contributed by atoms with E-state index in [0.717, 1.165) is 12.8 Å². The van der Waals surface area contributed by atoms with Crippen LogP contribution in [0.5, 0.6) is 0 Å². The van der Waals surface area contributed by atoms with Crippen molar-refractivity contribution in [3.05, 3.63) is 35.4 Å². The molecule has 1 saturated heterocycles. The zero-order valence-corrected chi connectivity index (χ0v) is 13.9. The van der Waals surface area contributed by atoms with E-state index in [2.05, 4.69) is 38.1 Å². The van der Waals surface area contributed by atoms with E-state index in [9.17, 15) is 5.11 Å². The van der Waals surface area contributed by atoms with E-state index < -0.39 is 11.4 Å². The second-order valence-corrected chi connectivity index (χ2v) is 7.96.